The minimum absolute atomic E-state index is 0.0691. The van der Waals surface area contributed by atoms with Gasteiger partial charge < -0.3 is 18.6 Å². The first-order chi connectivity index (χ1) is 42.3. The van der Waals surface area contributed by atoms with Crippen molar-refractivity contribution < 1.29 is 8.83 Å². The van der Waals surface area contributed by atoms with E-state index in [-0.39, 0.29) is 10.8 Å². The fourth-order valence-electron chi connectivity index (χ4n) is 15.0. The van der Waals surface area contributed by atoms with Gasteiger partial charge in [-0.15, -0.1) is 0 Å². The van der Waals surface area contributed by atoms with Gasteiger partial charge in [-0.1, -0.05) is 193 Å². The lowest BCUT2D eigenvalue weighted by atomic mass is 9.70. The van der Waals surface area contributed by atoms with Crippen LogP contribution in [0.4, 0.5) is 34.1 Å². The van der Waals surface area contributed by atoms with Gasteiger partial charge in [-0.25, -0.2) is 0 Å². The molecule has 2 heterocycles. The molecule has 0 fully saturated rings. The van der Waals surface area contributed by atoms with Crippen LogP contribution in [0.15, 0.2) is 239 Å². The number of fused-ring (bicyclic) bond motifs is 20. The Morgan fingerprint density at radius 3 is 1.24 bits per heavy atom. The fourth-order valence-corrected chi connectivity index (χ4v) is 15.0. The van der Waals surface area contributed by atoms with Crippen molar-refractivity contribution >= 4 is 88.8 Å². The monoisotopic (exact) mass is 1120 g/mol. The highest BCUT2D eigenvalue weighted by molar-refractivity contribution is 6.21. The van der Waals surface area contributed by atoms with Crippen molar-refractivity contribution in [3.05, 3.63) is 275 Å². The molecule has 3 aliphatic carbocycles. The second-order valence-electron chi connectivity index (χ2n) is 25.7. The van der Waals surface area contributed by atoms with E-state index < -0.39 is 5.41 Å². The molecule has 412 valence electrons. The van der Waals surface area contributed by atoms with E-state index in [4.69, 9.17) is 8.83 Å². The van der Waals surface area contributed by atoms with E-state index in [1.807, 2.05) is 36.4 Å². The SMILES string of the molecule is CC(C)(C)c1ccc(N(c2ccc3c(c2)C2(c4cc(N(c5ccc(C(C)(C)C)cc5)c5cccc6c5oc5c(C#N)cccc56)ccc4-3)c3ccccc3-c3c2cc2c4c(cccc34)-c3ccccc3-2)c2cccc3c2oc2c(C#N)cccc23)cc1. The molecule has 17 rings (SSSR count). The maximum Gasteiger partial charge on any atom is 0.159 e. The minimum atomic E-state index is -0.843. The minimum Gasteiger partial charge on any atom is -0.452 e. The molecule has 0 bridgehead atoms. The Hall–Kier alpha value is -10.9. The number of rotatable bonds is 6. The highest BCUT2D eigenvalue weighted by Crippen LogP contribution is 2.67. The zero-order valence-corrected chi connectivity index (χ0v) is 49.0. The number of hydrogen-bond donors (Lipinski definition) is 0. The second kappa shape index (κ2) is 18.1. The summed E-state index contributed by atoms with van der Waals surface area (Å²) in [5.74, 6) is 0. The molecule has 6 nitrogen and oxygen atoms in total. The summed E-state index contributed by atoms with van der Waals surface area (Å²) in [6, 6.07) is 88.7. The zero-order chi connectivity index (χ0) is 58.8. The largest absolute Gasteiger partial charge is 0.452 e. The van der Waals surface area contributed by atoms with Gasteiger partial charge in [0.15, 0.2) is 22.3 Å². The van der Waals surface area contributed by atoms with Crippen LogP contribution in [0.3, 0.4) is 0 Å². The first kappa shape index (κ1) is 50.6. The van der Waals surface area contributed by atoms with Crippen molar-refractivity contribution in [2.24, 2.45) is 0 Å². The molecule has 3 aliphatic rings. The molecule has 0 radical (unpaired) electrons. The Balaban J connectivity index is 0.971. The number of nitriles is 2. The standard InChI is InChI=1S/C81H56N4O2/c1-79(2,3)49-30-34-51(35-31-49)84(71-28-14-24-62-60-22-11-16-47(45-82)75(60)86-77(62)71)53-38-40-57-58-41-39-54(85(52-36-32-50(33-37-52)80(4,5)6)72-29-15-25-63-61-23-12-17-48(46-83)76(61)87-78(63)72)43-69(58)81(68(57)42-53)67-27-10-9-20-64(67)74-65-26-13-21-59-55-18-7-8-19-56(55)66(73(59)65)44-70(74)81/h7-44H,1-6H3. The lowest BCUT2D eigenvalue weighted by Crippen LogP contribution is -2.26. The summed E-state index contributed by atoms with van der Waals surface area (Å²) in [6.45, 7) is 13.5. The van der Waals surface area contributed by atoms with E-state index in [0.29, 0.717) is 33.5 Å². The number of furan rings is 2. The van der Waals surface area contributed by atoms with Gasteiger partial charge in [-0.05, 0) is 178 Å². The highest BCUT2D eigenvalue weighted by Gasteiger charge is 2.53. The molecule has 0 N–H and O–H groups in total. The number of anilines is 6. The molecule has 87 heavy (non-hydrogen) atoms. The summed E-state index contributed by atoms with van der Waals surface area (Å²) < 4.78 is 13.9. The molecule has 0 amide bonds. The molecule has 1 spiro atoms. The van der Waals surface area contributed by atoms with E-state index in [1.165, 1.54) is 77.5 Å². The van der Waals surface area contributed by atoms with Crippen LogP contribution in [-0.2, 0) is 16.2 Å². The maximum atomic E-state index is 10.4. The van der Waals surface area contributed by atoms with Gasteiger partial charge in [0.2, 0.25) is 0 Å². The molecule has 14 aromatic rings. The van der Waals surface area contributed by atoms with Crippen molar-refractivity contribution in [1.82, 2.24) is 0 Å². The Labute approximate surface area is 504 Å². The third-order valence-corrected chi connectivity index (χ3v) is 19.0. The molecule has 2 aromatic heterocycles. The van der Waals surface area contributed by atoms with Crippen molar-refractivity contribution in [1.29, 1.82) is 10.5 Å². The van der Waals surface area contributed by atoms with Crippen LogP contribution in [0.1, 0.15) is 86.1 Å². The van der Waals surface area contributed by atoms with E-state index in [0.717, 1.165) is 66.8 Å². The van der Waals surface area contributed by atoms with Gasteiger partial charge in [0.1, 0.15) is 12.1 Å². The maximum absolute atomic E-state index is 10.4. The Morgan fingerprint density at radius 1 is 0.333 bits per heavy atom. The van der Waals surface area contributed by atoms with E-state index in [1.54, 1.807) is 0 Å². The van der Waals surface area contributed by atoms with Crippen molar-refractivity contribution in [3.63, 3.8) is 0 Å². The van der Waals surface area contributed by atoms with Gasteiger partial charge in [-0.2, -0.15) is 10.5 Å². The molecular weight excluding hydrogens is 1060 g/mol. The Kier molecular flexibility index (Phi) is 10.5. The predicted octanol–water partition coefficient (Wildman–Crippen LogP) is 21.9. The topological polar surface area (TPSA) is 80.3 Å². The molecule has 0 aliphatic heterocycles. The van der Waals surface area contributed by atoms with Crippen molar-refractivity contribution in [2.45, 2.75) is 57.8 Å². The van der Waals surface area contributed by atoms with Gasteiger partial charge in [0.05, 0.1) is 27.9 Å². The summed E-state index contributed by atoms with van der Waals surface area (Å²) in [5.41, 5.74) is 25.3. The van der Waals surface area contributed by atoms with Gasteiger partial charge >= 0.3 is 0 Å². The van der Waals surface area contributed by atoms with Crippen LogP contribution in [-0.4, -0.2) is 0 Å². The summed E-state index contributed by atoms with van der Waals surface area (Å²) >= 11 is 0. The fraction of sp³-hybridized carbons (Fsp3) is 0.111. The van der Waals surface area contributed by atoms with Crippen LogP contribution >= 0.6 is 0 Å². The van der Waals surface area contributed by atoms with Crippen LogP contribution in [0.2, 0.25) is 0 Å². The van der Waals surface area contributed by atoms with Crippen LogP contribution < -0.4 is 9.80 Å². The van der Waals surface area contributed by atoms with E-state index in [9.17, 15) is 10.5 Å². The smallest absolute Gasteiger partial charge is 0.159 e. The van der Waals surface area contributed by atoms with Gasteiger partial charge in [-0.3, -0.25) is 0 Å². The molecule has 0 unspecified atom stereocenters. The summed E-state index contributed by atoms with van der Waals surface area (Å²) in [5, 5.41) is 27.0. The van der Waals surface area contributed by atoms with Crippen molar-refractivity contribution in [2.75, 3.05) is 9.80 Å². The molecule has 0 saturated carbocycles. The number of hydrogen-bond acceptors (Lipinski definition) is 6. The van der Waals surface area contributed by atoms with Gasteiger partial charge in [0, 0.05) is 44.3 Å². The molecular formula is C81H56N4O2. The van der Waals surface area contributed by atoms with Crippen molar-refractivity contribution in [3.8, 4) is 56.6 Å². The van der Waals surface area contributed by atoms with Gasteiger partial charge in [0.25, 0.3) is 0 Å². The highest BCUT2D eigenvalue weighted by atomic mass is 16.3. The van der Waals surface area contributed by atoms with E-state index in [2.05, 4.69) is 258 Å². The lowest BCUT2D eigenvalue weighted by Gasteiger charge is -2.33. The number of para-hydroxylation sites is 4. The first-order valence-corrected chi connectivity index (χ1v) is 29.9. The molecule has 0 saturated heterocycles. The summed E-state index contributed by atoms with van der Waals surface area (Å²) in [4.78, 5) is 4.70. The normalized spacial score (nSPS) is 13.2. The van der Waals surface area contributed by atoms with Crippen LogP contribution in [0.5, 0.6) is 0 Å². The van der Waals surface area contributed by atoms with Crippen LogP contribution in [0, 0.1) is 22.7 Å². The zero-order valence-electron chi connectivity index (χ0n) is 49.0. The Morgan fingerprint density at radius 2 is 0.747 bits per heavy atom. The average Bonchev–Trinajstić information content (AvgIpc) is 1.50. The average molecular weight is 1120 g/mol. The third-order valence-electron chi connectivity index (χ3n) is 19.0. The summed E-state index contributed by atoms with van der Waals surface area (Å²) in [6.07, 6.45) is 0. The third kappa shape index (κ3) is 7.02. The van der Waals surface area contributed by atoms with E-state index >= 15 is 0 Å². The predicted molar refractivity (Wildman–Crippen MR) is 355 cm³/mol. The first-order valence-electron chi connectivity index (χ1n) is 29.9. The molecule has 0 atom stereocenters. The Bertz CT molecular complexity index is 5160. The lowest BCUT2D eigenvalue weighted by molar-refractivity contribution is 0.590. The summed E-state index contributed by atoms with van der Waals surface area (Å²) in [7, 11) is 0. The second-order valence-corrected chi connectivity index (χ2v) is 25.7. The molecule has 12 aromatic carbocycles. The quantitative estimate of drug-likeness (QED) is 0.165. The number of benzene rings is 12. The molecule has 6 heteroatoms. The van der Waals surface area contributed by atoms with Crippen LogP contribution in [0.25, 0.3) is 99.2 Å². The number of nitrogens with zero attached hydrogens (tertiary/aromatic N) is 4.